The van der Waals surface area contributed by atoms with E-state index in [0.29, 0.717) is 15.7 Å². The summed E-state index contributed by atoms with van der Waals surface area (Å²) in [5.74, 6) is -1.62. The second-order valence-corrected chi connectivity index (χ2v) is 7.81. The number of carbonyl (C=O) groups excluding carboxylic acids is 3. The highest BCUT2D eigenvalue weighted by Crippen LogP contribution is 2.48. The van der Waals surface area contributed by atoms with Gasteiger partial charge in [0.25, 0.3) is 0 Å². The second-order valence-electron chi connectivity index (χ2n) is 6.69. The van der Waals surface area contributed by atoms with Crippen LogP contribution in [0.5, 0.6) is 0 Å². The van der Waals surface area contributed by atoms with E-state index in [1.54, 1.807) is 11.1 Å². The van der Waals surface area contributed by atoms with Crippen LogP contribution in [0.3, 0.4) is 0 Å². The predicted octanol–water partition coefficient (Wildman–Crippen LogP) is 0.841. The van der Waals surface area contributed by atoms with E-state index in [0.717, 1.165) is 0 Å². The van der Waals surface area contributed by atoms with Crippen molar-refractivity contribution in [3.8, 4) is 0 Å². The largest absolute Gasteiger partial charge is 0.465 e. The molecule has 0 aromatic carbocycles. The molecule has 12 heteroatoms. The van der Waals surface area contributed by atoms with Crippen molar-refractivity contribution in [2.24, 2.45) is 5.92 Å². The third kappa shape index (κ3) is 4.65. The Labute approximate surface area is 176 Å². The molecule has 4 atom stereocenters. The van der Waals surface area contributed by atoms with Crippen LogP contribution in [0.1, 0.15) is 20.8 Å². The van der Waals surface area contributed by atoms with Gasteiger partial charge in [0, 0.05) is 27.0 Å². The van der Waals surface area contributed by atoms with Crippen molar-refractivity contribution in [3.05, 3.63) is 17.8 Å². The monoisotopic (exact) mass is 438 g/mol. The minimum atomic E-state index is -0.859. The van der Waals surface area contributed by atoms with Crippen LogP contribution in [0.2, 0.25) is 0 Å². The Hall–Kier alpha value is -2.86. The fraction of sp³-hybridized carbons (Fsp3) is 0.500. The van der Waals surface area contributed by atoms with Crippen molar-refractivity contribution in [2.45, 2.75) is 44.1 Å². The maximum atomic E-state index is 11.8. The first-order valence-corrected chi connectivity index (χ1v) is 9.87. The lowest BCUT2D eigenvalue weighted by Gasteiger charge is -2.30. The number of esters is 3. The molecule has 0 amide bonds. The lowest BCUT2D eigenvalue weighted by atomic mass is 9.98. The van der Waals surface area contributed by atoms with Gasteiger partial charge in [-0.2, -0.15) is 4.98 Å². The van der Waals surface area contributed by atoms with E-state index in [1.165, 1.54) is 32.5 Å². The predicted molar refractivity (Wildman–Crippen MR) is 105 cm³/mol. The van der Waals surface area contributed by atoms with E-state index in [9.17, 15) is 14.4 Å². The minimum absolute atomic E-state index is 0.0593. The molecule has 2 N–H and O–H groups in total. The number of hydrogen-bond donors (Lipinski definition) is 1. The van der Waals surface area contributed by atoms with Crippen molar-refractivity contribution in [1.29, 1.82) is 0 Å². The molecule has 0 unspecified atom stereocenters. The Morgan fingerprint density at radius 1 is 1.20 bits per heavy atom. The Morgan fingerprint density at radius 3 is 2.50 bits per heavy atom. The Balaban J connectivity index is 1.96. The molecule has 30 heavy (non-hydrogen) atoms. The highest BCUT2D eigenvalue weighted by atomic mass is 32.2. The molecule has 0 radical (unpaired) electrons. The number of aromatic nitrogens is 2. The molecule has 0 spiro atoms. The van der Waals surface area contributed by atoms with Crippen molar-refractivity contribution in [2.75, 3.05) is 23.8 Å². The Kier molecular flexibility index (Phi) is 6.46. The number of hydrogen-bond acceptors (Lipinski definition) is 12. The van der Waals surface area contributed by atoms with Gasteiger partial charge >= 0.3 is 17.9 Å². The second kappa shape index (κ2) is 8.88. The van der Waals surface area contributed by atoms with Crippen LogP contribution in [0, 0.1) is 5.92 Å². The molecule has 1 fully saturated rings. The molecule has 3 heterocycles. The summed E-state index contributed by atoms with van der Waals surface area (Å²) in [6.45, 7) is 7.62. The van der Waals surface area contributed by atoms with Gasteiger partial charge in [0.05, 0.1) is 15.8 Å². The molecule has 0 bridgehead atoms. The molecule has 1 aromatic rings. The normalized spacial score (nSPS) is 25.0. The summed E-state index contributed by atoms with van der Waals surface area (Å²) in [6, 6.07) is 0. The Morgan fingerprint density at radius 2 is 1.87 bits per heavy atom. The van der Waals surface area contributed by atoms with Crippen LogP contribution in [0.15, 0.2) is 22.7 Å². The molecule has 11 nitrogen and oxygen atoms in total. The molecule has 0 saturated carbocycles. The summed E-state index contributed by atoms with van der Waals surface area (Å²) in [5.41, 5.74) is 5.74. The maximum absolute atomic E-state index is 11.8. The number of anilines is 2. The third-order valence-electron chi connectivity index (χ3n) is 4.46. The number of nitrogens with two attached hydrogens (primary N) is 1. The zero-order chi connectivity index (χ0) is 22.0. The van der Waals surface area contributed by atoms with Gasteiger partial charge in [-0.1, -0.05) is 18.3 Å². The highest BCUT2D eigenvalue weighted by Gasteiger charge is 2.52. The van der Waals surface area contributed by atoms with Crippen molar-refractivity contribution < 1.29 is 33.3 Å². The quantitative estimate of drug-likeness (QED) is 0.496. The molecule has 162 valence electrons. The number of nitrogen functional groups attached to an aromatic ring is 1. The summed E-state index contributed by atoms with van der Waals surface area (Å²) in [4.78, 5) is 45.1. The van der Waals surface area contributed by atoms with E-state index in [1.807, 2.05) is 0 Å². The van der Waals surface area contributed by atoms with Crippen LogP contribution in [0.4, 0.5) is 11.8 Å². The maximum Gasteiger partial charge on any atom is 0.303 e. The van der Waals surface area contributed by atoms with Crippen LogP contribution in [-0.2, 0) is 33.3 Å². The number of ether oxygens (including phenoxy) is 4. The first kappa shape index (κ1) is 21.8. The SMILES string of the molecule is C=C1Sc2cnc(N)nc2N1[C@@H]1O[C@H](COC(C)=O)[C@@H](COC(C)=O)[C@H]1OC(C)=O. The lowest BCUT2D eigenvalue weighted by molar-refractivity contribution is -0.153. The summed E-state index contributed by atoms with van der Waals surface area (Å²) in [6.07, 6.45) is -0.855. The fourth-order valence-electron chi connectivity index (χ4n) is 3.28. The topological polar surface area (TPSA) is 143 Å². The number of thioether (sulfide) groups is 1. The average Bonchev–Trinajstić information content (AvgIpc) is 3.13. The zero-order valence-corrected chi connectivity index (χ0v) is 17.5. The van der Waals surface area contributed by atoms with Crippen molar-refractivity contribution in [3.63, 3.8) is 0 Å². The van der Waals surface area contributed by atoms with E-state index in [-0.39, 0.29) is 19.2 Å². The number of fused-ring (bicyclic) bond motifs is 1. The van der Waals surface area contributed by atoms with E-state index < -0.39 is 42.3 Å². The van der Waals surface area contributed by atoms with Gasteiger partial charge in [-0.25, -0.2) is 4.98 Å². The average molecular weight is 438 g/mol. The van der Waals surface area contributed by atoms with Crippen molar-refractivity contribution >= 4 is 41.4 Å². The van der Waals surface area contributed by atoms with Crippen molar-refractivity contribution in [1.82, 2.24) is 9.97 Å². The van der Waals surface area contributed by atoms with Crippen LogP contribution < -0.4 is 10.6 Å². The fourth-order valence-corrected chi connectivity index (χ4v) is 4.16. The highest BCUT2D eigenvalue weighted by molar-refractivity contribution is 8.03. The summed E-state index contributed by atoms with van der Waals surface area (Å²) in [5, 5.41) is 0.562. The van der Waals surface area contributed by atoms with Gasteiger partial charge in [0.15, 0.2) is 18.1 Å². The van der Waals surface area contributed by atoms with Crippen LogP contribution >= 0.6 is 11.8 Å². The van der Waals surface area contributed by atoms with Gasteiger partial charge in [-0.15, -0.1) is 0 Å². The zero-order valence-electron chi connectivity index (χ0n) is 16.7. The Bertz CT molecular complexity index is 880. The molecule has 1 aromatic heterocycles. The number of nitrogens with zero attached hydrogens (tertiary/aromatic N) is 3. The molecular formula is C18H22N4O7S. The van der Waals surface area contributed by atoms with Gasteiger partial charge in [-0.05, 0) is 0 Å². The van der Waals surface area contributed by atoms with Crippen LogP contribution in [0.25, 0.3) is 0 Å². The first-order chi connectivity index (χ1) is 14.2. The smallest absolute Gasteiger partial charge is 0.303 e. The summed E-state index contributed by atoms with van der Waals surface area (Å²) in [7, 11) is 0. The van der Waals surface area contributed by atoms with Gasteiger partial charge in [0.2, 0.25) is 5.95 Å². The summed E-state index contributed by atoms with van der Waals surface area (Å²) < 4.78 is 21.9. The molecule has 2 aliphatic rings. The van der Waals surface area contributed by atoms with Gasteiger partial charge < -0.3 is 24.7 Å². The van der Waals surface area contributed by atoms with E-state index >= 15 is 0 Å². The van der Waals surface area contributed by atoms with Crippen LogP contribution in [-0.4, -0.2) is 59.5 Å². The molecular weight excluding hydrogens is 416 g/mol. The number of rotatable bonds is 6. The first-order valence-electron chi connectivity index (χ1n) is 9.05. The summed E-state index contributed by atoms with van der Waals surface area (Å²) >= 11 is 1.31. The molecule has 0 aliphatic carbocycles. The van der Waals surface area contributed by atoms with Gasteiger partial charge in [0.1, 0.15) is 19.3 Å². The standard InChI is InChI=1S/C18H22N4O7S/c1-8-22(16-14(30-8)5-20-18(19)21-16)17-15(28-11(4)25)12(6-26-9(2)23)13(29-17)7-27-10(3)24/h5,12-13,15,17H,1,6-7H2,2-4H3,(H2,19,20,21)/t12-,13-,15-,17-/m1/s1. The molecule has 1 saturated heterocycles. The van der Waals surface area contributed by atoms with Gasteiger partial charge in [-0.3, -0.25) is 19.3 Å². The molecule has 3 rings (SSSR count). The van der Waals surface area contributed by atoms with E-state index in [4.69, 9.17) is 24.7 Å². The lowest BCUT2D eigenvalue weighted by Crippen LogP contribution is -2.44. The molecule has 2 aliphatic heterocycles. The number of carbonyl (C=O) groups is 3. The third-order valence-corrected chi connectivity index (χ3v) is 5.40. The van der Waals surface area contributed by atoms with E-state index in [2.05, 4.69) is 16.5 Å². The minimum Gasteiger partial charge on any atom is -0.465 e.